The maximum Gasteiger partial charge on any atom is 0.131 e. The Kier molecular flexibility index (Phi) is 5.52. The van der Waals surface area contributed by atoms with Crippen LogP contribution in [-0.2, 0) is 24.9 Å². The molecule has 2 aromatic heterocycles. The fourth-order valence-corrected chi connectivity index (χ4v) is 3.33. The molecule has 7 nitrogen and oxygen atoms in total. The summed E-state index contributed by atoms with van der Waals surface area (Å²) in [5.74, 6) is 1.77. The first-order chi connectivity index (χ1) is 11.6. The van der Waals surface area contributed by atoms with Crippen molar-refractivity contribution in [3.05, 3.63) is 30.0 Å². The first-order valence-corrected chi connectivity index (χ1v) is 8.66. The number of aromatic nitrogens is 4. The summed E-state index contributed by atoms with van der Waals surface area (Å²) in [5.41, 5.74) is 2.41. The van der Waals surface area contributed by atoms with Crippen molar-refractivity contribution in [2.45, 2.75) is 26.9 Å². The van der Waals surface area contributed by atoms with E-state index in [1.54, 1.807) is 0 Å². The number of aryl methyl sites for hydroxylation is 2. The summed E-state index contributed by atoms with van der Waals surface area (Å²) >= 11 is 0. The van der Waals surface area contributed by atoms with Crippen molar-refractivity contribution in [2.75, 3.05) is 37.7 Å². The van der Waals surface area contributed by atoms with E-state index in [4.69, 9.17) is 4.74 Å². The van der Waals surface area contributed by atoms with Gasteiger partial charge in [0, 0.05) is 51.2 Å². The molecule has 132 valence electrons. The van der Waals surface area contributed by atoms with Crippen LogP contribution in [-0.4, -0.2) is 52.2 Å². The molecule has 1 atom stereocenters. The molecule has 0 bridgehead atoms. The van der Waals surface area contributed by atoms with E-state index < -0.39 is 0 Å². The third-order valence-corrected chi connectivity index (χ3v) is 4.50. The third-order valence-electron chi connectivity index (χ3n) is 4.50. The number of nitrogens with one attached hydrogen (secondary N) is 1. The lowest BCUT2D eigenvalue weighted by Crippen LogP contribution is -2.38. The topological polar surface area (TPSA) is 60.1 Å². The first kappa shape index (κ1) is 17.0. The lowest BCUT2D eigenvalue weighted by atomic mass is 10.1. The number of ether oxygens (including phenoxy) is 1. The standard InChI is InChI=1S/C17H28N6O/c1-14(12-22-5-4-18-13-22)10-19-11-16-15(2)20-21(3)17(16)23-6-8-24-9-7-23/h4-5,13-14,19H,6-12H2,1-3H3. The summed E-state index contributed by atoms with van der Waals surface area (Å²) in [5, 5.41) is 8.23. The normalized spacial score (nSPS) is 16.5. The number of hydrogen-bond acceptors (Lipinski definition) is 5. The lowest BCUT2D eigenvalue weighted by molar-refractivity contribution is 0.122. The maximum atomic E-state index is 5.48. The van der Waals surface area contributed by atoms with Gasteiger partial charge in [0.15, 0.2) is 0 Å². The summed E-state index contributed by atoms with van der Waals surface area (Å²) in [7, 11) is 2.03. The molecule has 0 radical (unpaired) electrons. The molecule has 3 heterocycles. The van der Waals surface area contributed by atoms with Crippen LogP contribution in [0, 0.1) is 12.8 Å². The van der Waals surface area contributed by atoms with Crippen LogP contribution in [0.3, 0.4) is 0 Å². The van der Waals surface area contributed by atoms with Gasteiger partial charge < -0.3 is 19.5 Å². The highest BCUT2D eigenvalue weighted by molar-refractivity contribution is 5.50. The van der Waals surface area contributed by atoms with Crippen LogP contribution in [0.25, 0.3) is 0 Å². The molecule has 0 aromatic carbocycles. The van der Waals surface area contributed by atoms with Gasteiger partial charge in [0.05, 0.1) is 25.2 Å². The fourth-order valence-electron chi connectivity index (χ4n) is 3.33. The molecular weight excluding hydrogens is 304 g/mol. The zero-order valence-corrected chi connectivity index (χ0v) is 14.9. The highest BCUT2D eigenvalue weighted by Gasteiger charge is 2.21. The molecule has 0 saturated carbocycles. The average Bonchev–Trinajstić information content (AvgIpc) is 3.16. The molecule has 7 heteroatoms. The number of nitrogens with zero attached hydrogens (tertiary/aromatic N) is 5. The Labute approximate surface area is 143 Å². The Hall–Kier alpha value is -1.86. The van der Waals surface area contributed by atoms with E-state index in [0.29, 0.717) is 5.92 Å². The van der Waals surface area contributed by atoms with Gasteiger partial charge in [-0.25, -0.2) is 4.98 Å². The number of anilines is 1. The number of morpholine rings is 1. The summed E-state index contributed by atoms with van der Waals surface area (Å²) in [6, 6.07) is 0. The molecule has 1 unspecified atom stereocenters. The van der Waals surface area contributed by atoms with Gasteiger partial charge in [0.1, 0.15) is 5.82 Å². The maximum absolute atomic E-state index is 5.48. The van der Waals surface area contributed by atoms with Crippen molar-refractivity contribution in [3.8, 4) is 0 Å². The second-order valence-corrected chi connectivity index (χ2v) is 6.61. The second-order valence-electron chi connectivity index (χ2n) is 6.61. The van der Waals surface area contributed by atoms with E-state index in [1.807, 2.05) is 30.5 Å². The Balaban J connectivity index is 1.58. The van der Waals surface area contributed by atoms with E-state index in [0.717, 1.165) is 51.6 Å². The Morgan fingerprint density at radius 3 is 2.83 bits per heavy atom. The van der Waals surface area contributed by atoms with Crippen molar-refractivity contribution < 1.29 is 4.74 Å². The van der Waals surface area contributed by atoms with Gasteiger partial charge in [-0.05, 0) is 19.4 Å². The summed E-state index contributed by atoms with van der Waals surface area (Å²) in [6.07, 6.45) is 5.71. The Morgan fingerprint density at radius 2 is 2.12 bits per heavy atom. The SMILES string of the molecule is Cc1nn(C)c(N2CCOCC2)c1CNCC(C)Cn1ccnc1. The highest BCUT2D eigenvalue weighted by Crippen LogP contribution is 2.24. The van der Waals surface area contributed by atoms with Gasteiger partial charge in [-0.1, -0.05) is 6.92 Å². The molecule has 0 amide bonds. The fraction of sp³-hybridized carbons (Fsp3) is 0.647. The Morgan fingerprint density at radius 1 is 1.33 bits per heavy atom. The summed E-state index contributed by atoms with van der Waals surface area (Å²) in [6.45, 7) is 10.6. The largest absolute Gasteiger partial charge is 0.378 e. The lowest BCUT2D eigenvalue weighted by Gasteiger charge is -2.29. The van der Waals surface area contributed by atoms with Gasteiger partial charge in [0.2, 0.25) is 0 Å². The van der Waals surface area contributed by atoms with Crippen LogP contribution in [0.1, 0.15) is 18.2 Å². The molecule has 0 aliphatic carbocycles. The molecule has 1 fully saturated rings. The molecule has 24 heavy (non-hydrogen) atoms. The molecule has 3 rings (SSSR count). The average molecular weight is 332 g/mol. The number of rotatable bonds is 7. The monoisotopic (exact) mass is 332 g/mol. The second kappa shape index (κ2) is 7.81. The van der Waals surface area contributed by atoms with Gasteiger partial charge in [-0.2, -0.15) is 5.10 Å². The van der Waals surface area contributed by atoms with E-state index in [1.165, 1.54) is 11.4 Å². The predicted octanol–water partition coefficient (Wildman–Crippen LogP) is 1.19. The molecule has 1 saturated heterocycles. The van der Waals surface area contributed by atoms with Crippen LogP contribution in [0.15, 0.2) is 18.7 Å². The molecule has 1 aliphatic heterocycles. The number of hydrogen-bond donors (Lipinski definition) is 1. The first-order valence-electron chi connectivity index (χ1n) is 8.66. The van der Waals surface area contributed by atoms with E-state index >= 15 is 0 Å². The van der Waals surface area contributed by atoms with Gasteiger partial charge >= 0.3 is 0 Å². The zero-order valence-electron chi connectivity index (χ0n) is 14.9. The van der Waals surface area contributed by atoms with Gasteiger partial charge in [0.25, 0.3) is 0 Å². The molecule has 2 aromatic rings. The van der Waals surface area contributed by atoms with Crippen molar-refractivity contribution in [3.63, 3.8) is 0 Å². The van der Waals surface area contributed by atoms with Crippen molar-refractivity contribution in [1.29, 1.82) is 0 Å². The van der Waals surface area contributed by atoms with Crippen molar-refractivity contribution in [2.24, 2.45) is 13.0 Å². The van der Waals surface area contributed by atoms with E-state index in [9.17, 15) is 0 Å². The summed E-state index contributed by atoms with van der Waals surface area (Å²) in [4.78, 5) is 6.48. The van der Waals surface area contributed by atoms with E-state index in [2.05, 4.69) is 38.7 Å². The molecule has 1 N–H and O–H groups in total. The quantitative estimate of drug-likeness (QED) is 0.825. The summed E-state index contributed by atoms with van der Waals surface area (Å²) < 4.78 is 9.61. The van der Waals surface area contributed by atoms with Crippen LogP contribution in [0.2, 0.25) is 0 Å². The van der Waals surface area contributed by atoms with Crippen LogP contribution in [0.5, 0.6) is 0 Å². The van der Waals surface area contributed by atoms with Crippen molar-refractivity contribution in [1.82, 2.24) is 24.6 Å². The molecule has 1 aliphatic rings. The van der Waals surface area contributed by atoms with Gasteiger partial charge in [-0.3, -0.25) is 4.68 Å². The minimum Gasteiger partial charge on any atom is -0.378 e. The third kappa shape index (κ3) is 3.96. The zero-order chi connectivity index (χ0) is 16.9. The highest BCUT2D eigenvalue weighted by atomic mass is 16.5. The number of imidazole rings is 1. The smallest absolute Gasteiger partial charge is 0.131 e. The molecule has 0 spiro atoms. The minimum absolute atomic E-state index is 0.544. The predicted molar refractivity (Wildman–Crippen MR) is 94.1 cm³/mol. The van der Waals surface area contributed by atoms with Crippen LogP contribution >= 0.6 is 0 Å². The molecular formula is C17H28N6O. The van der Waals surface area contributed by atoms with Gasteiger partial charge in [-0.15, -0.1) is 0 Å². The van der Waals surface area contributed by atoms with Crippen molar-refractivity contribution >= 4 is 5.82 Å². The van der Waals surface area contributed by atoms with E-state index in [-0.39, 0.29) is 0 Å². The Bertz CT molecular complexity index is 630. The minimum atomic E-state index is 0.544. The van der Waals surface area contributed by atoms with Crippen LogP contribution < -0.4 is 10.2 Å². The van der Waals surface area contributed by atoms with Crippen LogP contribution in [0.4, 0.5) is 5.82 Å².